The van der Waals surface area contributed by atoms with Crippen molar-refractivity contribution in [3.8, 4) is 0 Å². The van der Waals surface area contributed by atoms with E-state index in [1.807, 2.05) is 0 Å². The van der Waals surface area contributed by atoms with Crippen LogP contribution in [0.4, 0.5) is 14.5 Å². The number of sulfone groups is 1. The number of likely N-dealkylation sites (tertiary alicyclic amines) is 1. The zero-order valence-corrected chi connectivity index (χ0v) is 13.5. The highest BCUT2D eigenvalue weighted by Gasteiger charge is 2.29. The minimum Gasteiger partial charge on any atom is -0.383 e. The Morgan fingerprint density at radius 1 is 1.17 bits per heavy atom. The van der Waals surface area contributed by atoms with Gasteiger partial charge in [0.1, 0.15) is 0 Å². The Kier molecular flexibility index (Phi) is 5.92. The normalized spacial score (nSPS) is 15.7. The molecule has 0 spiro atoms. The van der Waals surface area contributed by atoms with Gasteiger partial charge in [-0.3, -0.25) is 4.79 Å². The summed E-state index contributed by atoms with van der Waals surface area (Å²) in [7, 11) is -4.67. The summed E-state index contributed by atoms with van der Waals surface area (Å²) >= 11 is 0. The summed E-state index contributed by atoms with van der Waals surface area (Å²) in [6.45, 7) is 1.69. The van der Waals surface area contributed by atoms with E-state index in [0.29, 0.717) is 0 Å². The fourth-order valence-electron chi connectivity index (χ4n) is 2.56. The summed E-state index contributed by atoms with van der Waals surface area (Å²) < 4.78 is 48.7. The van der Waals surface area contributed by atoms with Crippen LogP contribution in [0, 0.1) is 0 Å². The van der Waals surface area contributed by atoms with Crippen molar-refractivity contribution < 1.29 is 22.0 Å². The topological polar surface area (TPSA) is 66.5 Å². The van der Waals surface area contributed by atoms with Crippen LogP contribution in [0.2, 0.25) is 0 Å². The van der Waals surface area contributed by atoms with Crippen molar-refractivity contribution in [3.63, 3.8) is 0 Å². The van der Waals surface area contributed by atoms with Gasteiger partial charge in [0.25, 0.3) is 0 Å². The fourth-order valence-corrected chi connectivity index (χ4v) is 3.47. The number of hydrogen-bond donors (Lipinski definition) is 1. The van der Waals surface area contributed by atoms with Crippen LogP contribution in [0.3, 0.4) is 0 Å². The average Bonchev–Trinajstić information content (AvgIpc) is 2.55. The number of hydrogen-bond acceptors (Lipinski definition) is 4. The van der Waals surface area contributed by atoms with Crippen molar-refractivity contribution in [2.45, 2.75) is 36.3 Å². The van der Waals surface area contributed by atoms with E-state index in [4.69, 9.17) is 0 Å². The highest BCUT2D eigenvalue weighted by Crippen LogP contribution is 2.26. The van der Waals surface area contributed by atoms with Crippen LogP contribution >= 0.6 is 0 Å². The maximum absolute atomic E-state index is 12.7. The van der Waals surface area contributed by atoms with E-state index in [2.05, 4.69) is 5.32 Å². The molecule has 1 amide bonds. The highest BCUT2D eigenvalue weighted by atomic mass is 32.2. The minimum atomic E-state index is -4.67. The lowest BCUT2D eigenvalue weighted by molar-refractivity contribution is -0.131. The van der Waals surface area contributed by atoms with E-state index in [-0.39, 0.29) is 24.6 Å². The first kappa shape index (κ1) is 17.7. The molecule has 1 aliphatic heterocycles. The molecule has 0 bridgehead atoms. The number of halogens is 2. The van der Waals surface area contributed by atoms with Gasteiger partial charge in [-0.2, -0.15) is 8.78 Å². The number of piperidine rings is 1. The lowest BCUT2D eigenvalue weighted by Gasteiger charge is -2.26. The Bertz CT molecular complexity index is 644. The molecule has 1 aromatic carbocycles. The number of nitrogens with zero attached hydrogens (tertiary/aromatic N) is 1. The van der Waals surface area contributed by atoms with Gasteiger partial charge in [0.15, 0.2) is 0 Å². The molecule has 0 aromatic heterocycles. The Morgan fingerprint density at radius 2 is 1.83 bits per heavy atom. The molecule has 2 rings (SSSR count). The number of benzene rings is 1. The maximum Gasteiger partial charge on any atom is 0.341 e. The van der Waals surface area contributed by atoms with Crippen LogP contribution in [0.1, 0.15) is 25.7 Å². The predicted molar refractivity (Wildman–Crippen MR) is 83.2 cm³/mol. The minimum absolute atomic E-state index is 0.00796. The fraction of sp³-hybridized carbons (Fsp3) is 0.533. The molecule has 1 saturated heterocycles. The molecule has 8 heteroatoms. The molecule has 128 valence electrons. The van der Waals surface area contributed by atoms with E-state index < -0.39 is 20.5 Å². The van der Waals surface area contributed by atoms with Crippen molar-refractivity contribution in [3.05, 3.63) is 24.3 Å². The quantitative estimate of drug-likeness (QED) is 0.859. The molecule has 0 unspecified atom stereocenters. The van der Waals surface area contributed by atoms with Crippen molar-refractivity contribution >= 4 is 21.4 Å². The first-order valence-electron chi connectivity index (χ1n) is 7.55. The largest absolute Gasteiger partial charge is 0.383 e. The second-order valence-corrected chi connectivity index (χ2v) is 7.31. The zero-order chi connectivity index (χ0) is 16.9. The third-order valence-electron chi connectivity index (χ3n) is 3.79. The highest BCUT2D eigenvalue weighted by molar-refractivity contribution is 7.91. The number of para-hydroxylation sites is 1. The Labute approximate surface area is 134 Å². The van der Waals surface area contributed by atoms with Gasteiger partial charge in [-0.05, 0) is 31.4 Å². The summed E-state index contributed by atoms with van der Waals surface area (Å²) in [6, 6.07) is 5.50. The van der Waals surface area contributed by atoms with Crippen molar-refractivity contribution in [1.82, 2.24) is 4.90 Å². The number of carbonyl (C=O) groups excluding carboxylic acids is 1. The van der Waals surface area contributed by atoms with Crippen molar-refractivity contribution in [1.29, 1.82) is 0 Å². The van der Waals surface area contributed by atoms with E-state index in [1.165, 1.54) is 12.1 Å². The molecule has 1 heterocycles. The van der Waals surface area contributed by atoms with Crippen LogP contribution in [0.25, 0.3) is 0 Å². The SMILES string of the molecule is O=C(CCNc1ccccc1S(=O)(=O)C(F)F)N1CCCCC1. The molecule has 5 nitrogen and oxygen atoms in total. The van der Waals surface area contributed by atoms with Gasteiger partial charge in [0, 0.05) is 26.1 Å². The molecule has 1 fully saturated rings. The molecule has 0 saturated carbocycles. The average molecular weight is 346 g/mol. The van der Waals surface area contributed by atoms with Crippen LogP contribution in [0.5, 0.6) is 0 Å². The van der Waals surface area contributed by atoms with Crippen molar-refractivity contribution in [2.75, 3.05) is 25.0 Å². The van der Waals surface area contributed by atoms with Gasteiger partial charge in [0.05, 0.1) is 10.6 Å². The summed E-state index contributed by atoms with van der Waals surface area (Å²) in [5, 5.41) is 2.78. The summed E-state index contributed by atoms with van der Waals surface area (Å²) in [5.41, 5.74) is 0.0965. The smallest absolute Gasteiger partial charge is 0.341 e. The number of nitrogens with one attached hydrogen (secondary N) is 1. The van der Waals surface area contributed by atoms with Gasteiger partial charge in [-0.15, -0.1) is 0 Å². The molecule has 1 aromatic rings. The van der Waals surface area contributed by atoms with Crippen LogP contribution in [0.15, 0.2) is 29.2 Å². The standard InChI is InChI=1S/C15H20F2N2O3S/c16-15(17)23(21,22)13-7-3-2-6-12(13)18-9-8-14(20)19-10-4-1-5-11-19/h2-3,6-7,15,18H,1,4-5,8-11H2. The molecule has 1 aliphatic rings. The molecular formula is C15H20F2N2O3S. The summed E-state index contributed by atoms with van der Waals surface area (Å²) in [5.74, 6) is -3.48. The third-order valence-corrected chi connectivity index (χ3v) is 5.23. The first-order valence-corrected chi connectivity index (χ1v) is 9.10. The van der Waals surface area contributed by atoms with Gasteiger partial charge < -0.3 is 10.2 Å². The Hall–Kier alpha value is -1.70. The predicted octanol–water partition coefficient (Wildman–Crippen LogP) is 2.50. The molecule has 0 atom stereocenters. The molecule has 0 aliphatic carbocycles. The lowest BCUT2D eigenvalue weighted by Crippen LogP contribution is -2.36. The molecule has 0 radical (unpaired) electrons. The second-order valence-electron chi connectivity index (χ2n) is 5.42. The number of amides is 1. The van der Waals surface area contributed by atoms with E-state index in [9.17, 15) is 22.0 Å². The number of alkyl halides is 2. The Balaban J connectivity index is 1.97. The van der Waals surface area contributed by atoms with E-state index in [1.54, 1.807) is 11.0 Å². The van der Waals surface area contributed by atoms with Crippen LogP contribution < -0.4 is 5.32 Å². The Morgan fingerprint density at radius 3 is 2.48 bits per heavy atom. The van der Waals surface area contributed by atoms with Gasteiger partial charge in [0.2, 0.25) is 15.7 Å². The van der Waals surface area contributed by atoms with Gasteiger partial charge in [-0.1, -0.05) is 12.1 Å². The number of rotatable bonds is 6. The maximum atomic E-state index is 12.7. The molecule has 23 heavy (non-hydrogen) atoms. The summed E-state index contributed by atoms with van der Waals surface area (Å²) in [6.07, 6.45) is 3.31. The van der Waals surface area contributed by atoms with E-state index >= 15 is 0 Å². The van der Waals surface area contributed by atoms with Crippen LogP contribution in [-0.2, 0) is 14.6 Å². The summed E-state index contributed by atoms with van der Waals surface area (Å²) in [4.78, 5) is 13.4. The van der Waals surface area contributed by atoms with Gasteiger partial charge in [-0.25, -0.2) is 8.42 Å². The lowest BCUT2D eigenvalue weighted by atomic mass is 10.1. The second kappa shape index (κ2) is 7.72. The third kappa shape index (κ3) is 4.40. The number of carbonyl (C=O) groups is 1. The molecular weight excluding hydrogens is 326 g/mol. The van der Waals surface area contributed by atoms with E-state index in [0.717, 1.165) is 38.4 Å². The molecule has 1 N–H and O–H groups in total. The first-order chi connectivity index (χ1) is 10.9. The van der Waals surface area contributed by atoms with Crippen LogP contribution in [-0.4, -0.2) is 44.6 Å². The van der Waals surface area contributed by atoms with Gasteiger partial charge >= 0.3 is 5.76 Å². The monoisotopic (exact) mass is 346 g/mol. The number of anilines is 1. The zero-order valence-electron chi connectivity index (χ0n) is 12.7. The van der Waals surface area contributed by atoms with Crippen molar-refractivity contribution in [2.24, 2.45) is 0 Å².